The second-order valence-electron chi connectivity index (χ2n) is 15.3. The molecule has 7 rings (SSSR count). The molecule has 2 aromatic rings. The Kier molecular flexibility index (Phi) is 12.4. The van der Waals surface area contributed by atoms with Crippen LogP contribution in [0.15, 0.2) is 49.2 Å². The van der Waals surface area contributed by atoms with Crippen LogP contribution < -0.4 is 20.1 Å². The summed E-state index contributed by atoms with van der Waals surface area (Å²) in [6, 6.07) is 6.74. The molecule has 56 heavy (non-hydrogen) atoms. The highest BCUT2D eigenvalue weighted by Gasteiger charge is 2.62. The summed E-state index contributed by atoms with van der Waals surface area (Å²) in [5, 5.41) is 14.8. The van der Waals surface area contributed by atoms with Gasteiger partial charge < -0.3 is 25.4 Å². The molecule has 4 fully saturated rings. The maximum Gasteiger partial charge on any atom is 0.490 e. The third-order valence-electron chi connectivity index (χ3n) is 11.2. The van der Waals surface area contributed by atoms with Crippen LogP contribution in [0, 0.1) is 11.8 Å². The topological polar surface area (TPSA) is 184 Å². The molecule has 0 spiro atoms. The van der Waals surface area contributed by atoms with E-state index < -0.39 is 68.9 Å². The number of hydrogen-bond acceptors (Lipinski definition) is 9. The van der Waals surface area contributed by atoms with E-state index in [9.17, 15) is 36.0 Å². The lowest BCUT2D eigenvalue weighted by Crippen LogP contribution is -2.58. The van der Waals surface area contributed by atoms with Crippen molar-refractivity contribution in [2.24, 2.45) is 11.8 Å². The molecule has 304 valence electrons. The number of hydrogen-bond donors (Lipinski definition) is 4. The number of alkyl halides is 3. The van der Waals surface area contributed by atoms with E-state index in [0.717, 1.165) is 67.7 Å². The number of benzene rings is 1. The lowest BCUT2D eigenvalue weighted by atomic mass is 9.96. The van der Waals surface area contributed by atoms with Crippen molar-refractivity contribution in [1.29, 1.82) is 0 Å². The highest BCUT2D eigenvalue weighted by atomic mass is 32.2. The van der Waals surface area contributed by atoms with Crippen molar-refractivity contribution >= 4 is 50.6 Å². The number of halogens is 3. The van der Waals surface area contributed by atoms with Gasteiger partial charge in [0.05, 0.1) is 17.8 Å². The molecule has 3 aliphatic carbocycles. The van der Waals surface area contributed by atoms with E-state index >= 15 is 0 Å². The minimum atomic E-state index is -5.08. The summed E-state index contributed by atoms with van der Waals surface area (Å²) in [5.41, 5.74) is -0.396. The van der Waals surface area contributed by atoms with Crippen molar-refractivity contribution in [3.8, 4) is 5.88 Å². The molecule has 5 atom stereocenters. The van der Waals surface area contributed by atoms with Crippen LogP contribution >= 0.6 is 0 Å². The summed E-state index contributed by atoms with van der Waals surface area (Å²) in [6.07, 6.45) is 11.4. The minimum absolute atomic E-state index is 0.138. The fourth-order valence-corrected chi connectivity index (χ4v) is 9.24. The monoisotopic (exact) mass is 803 g/mol. The van der Waals surface area contributed by atoms with E-state index in [0.29, 0.717) is 25.3 Å². The van der Waals surface area contributed by atoms with Gasteiger partial charge in [-0.1, -0.05) is 49.6 Å². The van der Waals surface area contributed by atoms with E-state index in [-0.39, 0.29) is 31.2 Å². The van der Waals surface area contributed by atoms with E-state index in [1.807, 2.05) is 12.1 Å². The molecule has 3 amide bonds. The number of fused-ring (bicyclic) bond motifs is 3. The molecule has 0 radical (unpaired) electrons. The summed E-state index contributed by atoms with van der Waals surface area (Å²) in [6.45, 7) is 4.70. The minimum Gasteiger partial charge on any atom is -0.475 e. The van der Waals surface area contributed by atoms with Gasteiger partial charge in [-0.2, -0.15) is 13.2 Å². The van der Waals surface area contributed by atoms with E-state index in [2.05, 4.69) is 51.2 Å². The second-order valence-corrected chi connectivity index (χ2v) is 17.3. The van der Waals surface area contributed by atoms with E-state index in [1.165, 1.54) is 0 Å². The Balaban J connectivity index is 0.000000695. The first-order valence-electron chi connectivity index (χ1n) is 19.2. The van der Waals surface area contributed by atoms with Crippen LogP contribution in [-0.2, 0) is 29.2 Å². The molecule has 17 heteroatoms. The zero-order valence-electron chi connectivity index (χ0n) is 30.9. The fraction of sp³-hybridized carbons (Fsp3) is 0.564. The molecule has 13 nitrogen and oxygen atoms in total. The van der Waals surface area contributed by atoms with Crippen molar-refractivity contribution in [1.82, 2.24) is 25.2 Å². The molecule has 3 heterocycles. The van der Waals surface area contributed by atoms with Crippen LogP contribution in [0.3, 0.4) is 0 Å². The number of aliphatic carboxylic acids is 1. The van der Waals surface area contributed by atoms with Gasteiger partial charge in [-0.15, -0.1) is 6.58 Å². The first kappa shape index (κ1) is 41.1. The number of carbonyl (C=O) groups is 4. The Bertz CT molecular complexity index is 1970. The molecule has 1 aromatic heterocycles. The van der Waals surface area contributed by atoms with Gasteiger partial charge >= 0.3 is 12.1 Å². The normalized spacial score (nSPS) is 27.9. The number of ether oxygens (including phenoxy) is 1. The van der Waals surface area contributed by atoms with Gasteiger partial charge in [-0.3, -0.25) is 19.1 Å². The molecule has 1 aromatic carbocycles. The van der Waals surface area contributed by atoms with Crippen LogP contribution in [0.25, 0.3) is 16.8 Å². The molecular formula is C39H48F3N5O8S. The summed E-state index contributed by atoms with van der Waals surface area (Å²) in [4.78, 5) is 57.4. The average Bonchev–Trinajstić information content (AvgIpc) is 4.03. The molecule has 0 unspecified atom stereocenters. The Labute approximate surface area is 323 Å². The van der Waals surface area contributed by atoms with E-state index in [4.69, 9.17) is 14.6 Å². The Morgan fingerprint density at radius 1 is 1.07 bits per heavy atom. The zero-order chi connectivity index (χ0) is 40.3. The van der Waals surface area contributed by atoms with Gasteiger partial charge in [0, 0.05) is 23.9 Å². The predicted octanol–water partition coefficient (Wildman–Crippen LogP) is 4.62. The Morgan fingerprint density at radius 2 is 1.80 bits per heavy atom. The summed E-state index contributed by atoms with van der Waals surface area (Å²) >= 11 is 0. The number of pyridine rings is 1. The lowest BCUT2D eigenvalue weighted by molar-refractivity contribution is -0.192. The SMILES string of the molecule is C=C[C@@H]1C[C@]1(NC(=O)[C@@H]1C[C@@H]2CN1C(=O)[C@H](C1CCCC1)NCCCCC/C=C/c1ccc3ccnc(c3c1)O2)C(=O)NS(=O)(=O)C1CC1.O=C(O)C(F)(F)F. The van der Waals surface area contributed by atoms with Crippen molar-refractivity contribution in [2.75, 3.05) is 13.1 Å². The third kappa shape index (κ3) is 9.53. The molecule has 1 saturated heterocycles. The summed E-state index contributed by atoms with van der Waals surface area (Å²) in [7, 11) is -3.83. The average molecular weight is 804 g/mol. The zero-order valence-corrected chi connectivity index (χ0v) is 31.7. The smallest absolute Gasteiger partial charge is 0.475 e. The number of allylic oxidation sites excluding steroid dienone is 1. The number of carboxylic acid groups (broad SMARTS) is 1. The van der Waals surface area contributed by atoms with Crippen LogP contribution in [0.1, 0.15) is 82.6 Å². The van der Waals surface area contributed by atoms with Gasteiger partial charge in [0.25, 0.3) is 5.91 Å². The highest BCUT2D eigenvalue weighted by Crippen LogP contribution is 2.45. The largest absolute Gasteiger partial charge is 0.490 e. The summed E-state index contributed by atoms with van der Waals surface area (Å²) in [5.74, 6) is -3.98. The van der Waals surface area contributed by atoms with E-state index in [1.54, 1.807) is 17.2 Å². The van der Waals surface area contributed by atoms with Gasteiger partial charge in [0.1, 0.15) is 17.7 Å². The molecular weight excluding hydrogens is 756 g/mol. The van der Waals surface area contributed by atoms with Gasteiger partial charge in [0.2, 0.25) is 27.7 Å². The van der Waals surface area contributed by atoms with Gasteiger partial charge in [0.15, 0.2) is 0 Å². The van der Waals surface area contributed by atoms with Gasteiger partial charge in [-0.05, 0) is 86.9 Å². The third-order valence-corrected chi connectivity index (χ3v) is 13.1. The molecule has 5 aliphatic rings. The quantitative estimate of drug-likeness (QED) is 0.288. The number of aromatic nitrogens is 1. The van der Waals surface area contributed by atoms with Crippen LogP contribution in [0.2, 0.25) is 0 Å². The van der Waals surface area contributed by atoms with Crippen molar-refractivity contribution < 1.29 is 50.6 Å². The van der Waals surface area contributed by atoms with Crippen molar-refractivity contribution in [3.63, 3.8) is 0 Å². The number of nitrogens with one attached hydrogen (secondary N) is 3. The molecule has 4 N–H and O–H groups in total. The first-order chi connectivity index (χ1) is 26.6. The highest BCUT2D eigenvalue weighted by molar-refractivity contribution is 7.91. The maximum atomic E-state index is 14.6. The van der Waals surface area contributed by atoms with Crippen molar-refractivity contribution in [3.05, 3.63) is 54.8 Å². The Hall–Kier alpha value is -4.51. The van der Waals surface area contributed by atoms with Crippen LogP contribution in [-0.4, -0.2) is 95.3 Å². The van der Waals surface area contributed by atoms with Crippen molar-refractivity contribution in [2.45, 2.75) is 112 Å². The lowest BCUT2D eigenvalue weighted by Gasteiger charge is -2.32. The number of carboxylic acids is 1. The van der Waals surface area contributed by atoms with Crippen LogP contribution in [0.4, 0.5) is 13.2 Å². The Morgan fingerprint density at radius 3 is 2.46 bits per heavy atom. The van der Waals surface area contributed by atoms with Crippen LogP contribution in [0.5, 0.6) is 5.88 Å². The summed E-state index contributed by atoms with van der Waals surface area (Å²) < 4.78 is 65.9. The predicted molar refractivity (Wildman–Crippen MR) is 200 cm³/mol. The fourth-order valence-electron chi connectivity index (χ4n) is 7.87. The first-order valence-corrected chi connectivity index (χ1v) is 20.7. The number of nitrogens with zero attached hydrogens (tertiary/aromatic N) is 2. The number of amides is 3. The molecule has 3 saturated carbocycles. The number of carbonyl (C=O) groups excluding carboxylic acids is 3. The second kappa shape index (κ2) is 16.9. The van der Waals surface area contributed by atoms with Gasteiger partial charge in [-0.25, -0.2) is 18.2 Å². The molecule has 4 bridgehead atoms. The molecule has 2 aliphatic heterocycles. The maximum absolute atomic E-state index is 14.6. The standard InChI is InChI=1S/C37H47N5O6S.C2HF3O2/c1-2-27-22-37(27,36(45)41-49(46,47)29-15-16-29)40-33(43)31-21-28-23-42(31)35(44)32(26-11-7-8-12-26)38-18-9-5-3-4-6-10-24-13-14-25-17-19-39-34(48-28)30(25)20-24;3-2(4,5)1(6)7/h2,6,10,13-14,17,19-20,26-29,31-32,38H,1,3-5,7-9,11-12,15-16,18,21-23H2,(H,40,43)(H,41,45);(H,6,7)/b10-6+;/t27-,28-,31+,32+,37-;/m1./s1. The number of sulfonamides is 1. The number of rotatable bonds is 7.